The van der Waals surface area contributed by atoms with Gasteiger partial charge in [0.05, 0.1) is 0 Å². The summed E-state index contributed by atoms with van der Waals surface area (Å²) in [4.78, 5) is 0. The fraction of sp³-hybridized carbons (Fsp3) is 0.143. The standard InChI is InChI=1S/C7H7.3Y/c1-7-5-3-2-4-6-7;;;/h3-6H,1H3;;;/q-1;;;. The largest absolute Gasteiger partial charge is 0.184 e. The summed E-state index contributed by atoms with van der Waals surface area (Å²) in [5.74, 6) is 0. The summed E-state index contributed by atoms with van der Waals surface area (Å²) in [6.07, 6.45) is 0. The first-order valence-corrected chi connectivity index (χ1v) is 2.32. The van der Waals surface area contributed by atoms with Crippen LogP contribution in [0.4, 0.5) is 0 Å². The van der Waals surface area contributed by atoms with Gasteiger partial charge in [0.15, 0.2) is 0 Å². The molecule has 0 aliphatic heterocycles. The zero-order valence-corrected chi connectivity index (χ0v) is 14.6. The zero-order chi connectivity index (χ0) is 5.11. The normalized spacial score (nSPS) is 6.10. The Labute approximate surface area is 138 Å². The molecule has 0 unspecified atom stereocenters. The molecule has 0 fully saturated rings. The van der Waals surface area contributed by atoms with Gasteiger partial charge >= 0.3 is 0 Å². The molecular formula is C7H7Y3-. The van der Waals surface area contributed by atoms with Crippen molar-refractivity contribution in [3.63, 3.8) is 0 Å². The van der Waals surface area contributed by atoms with E-state index in [1.54, 1.807) is 0 Å². The third kappa shape index (κ3) is 8.63. The van der Waals surface area contributed by atoms with Crippen molar-refractivity contribution in [1.29, 1.82) is 0 Å². The van der Waals surface area contributed by atoms with Crippen molar-refractivity contribution in [3.05, 3.63) is 35.9 Å². The SMILES string of the molecule is Cc1cc[c-]cc1.[Y].[Y].[Y]. The van der Waals surface area contributed by atoms with E-state index in [0.717, 1.165) is 0 Å². The first-order valence-electron chi connectivity index (χ1n) is 2.32. The van der Waals surface area contributed by atoms with Gasteiger partial charge in [-0.25, -0.2) is 0 Å². The van der Waals surface area contributed by atoms with Crippen LogP contribution in [0.3, 0.4) is 0 Å². The number of aryl methyl sites for hydroxylation is 1. The topological polar surface area (TPSA) is 0 Å². The van der Waals surface area contributed by atoms with E-state index in [0.29, 0.717) is 0 Å². The molecule has 0 aliphatic rings. The minimum Gasteiger partial charge on any atom is -0.184 e. The van der Waals surface area contributed by atoms with Crippen molar-refractivity contribution in [1.82, 2.24) is 0 Å². The molecule has 0 amide bonds. The Bertz CT molecular complexity index is 139. The van der Waals surface area contributed by atoms with Gasteiger partial charge in [0, 0.05) is 98.1 Å². The molecule has 1 aromatic rings. The molecule has 3 radical (unpaired) electrons. The molecule has 3 heteroatoms. The van der Waals surface area contributed by atoms with Gasteiger partial charge < -0.3 is 0 Å². The molecule has 0 bridgehead atoms. The Hall–Kier alpha value is 2.53. The van der Waals surface area contributed by atoms with Crippen LogP contribution in [0.5, 0.6) is 0 Å². The quantitative estimate of drug-likeness (QED) is 0.621. The van der Waals surface area contributed by atoms with Crippen molar-refractivity contribution in [3.8, 4) is 0 Å². The summed E-state index contributed by atoms with van der Waals surface area (Å²) in [6, 6.07) is 10.8. The van der Waals surface area contributed by atoms with Crippen LogP contribution in [0.25, 0.3) is 0 Å². The second-order valence-electron chi connectivity index (χ2n) is 1.58. The summed E-state index contributed by atoms with van der Waals surface area (Å²) < 4.78 is 0. The van der Waals surface area contributed by atoms with Crippen LogP contribution >= 0.6 is 0 Å². The van der Waals surface area contributed by atoms with Gasteiger partial charge in [-0.05, 0) is 0 Å². The van der Waals surface area contributed by atoms with Crippen molar-refractivity contribution in [2.24, 2.45) is 0 Å². The average molecular weight is 358 g/mol. The minimum absolute atomic E-state index is 0. The van der Waals surface area contributed by atoms with Crippen molar-refractivity contribution >= 4 is 0 Å². The molecule has 0 heterocycles. The summed E-state index contributed by atoms with van der Waals surface area (Å²) in [7, 11) is 0. The Kier molecular flexibility index (Phi) is 21.2. The van der Waals surface area contributed by atoms with E-state index >= 15 is 0 Å². The Balaban J connectivity index is -0.000000163. The molecule has 1 rings (SSSR count). The second-order valence-corrected chi connectivity index (χ2v) is 1.58. The third-order valence-corrected chi connectivity index (χ3v) is 0.885. The molecule has 45 valence electrons. The van der Waals surface area contributed by atoms with E-state index in [2.05, 4.69) is 13.0 Å². The molecule has 1 aromatic carbocycles. The summed E-state index contributed by atoms with van der Waals surface area (Å²) >= 11 is 0. The molecule has 0 atom stereocenters. The predicted molar refractivity (Wildman–Crippen MR) is 30.0 cm³/mol. The molecule has 0 aromatic heterocycles. The van der Waals surface area contributed by atoms with E-state index in [-0.39, 0.29) is 98.1 Å². The van der Waals surface area contributed by atoms with Crippen molar-refractivity contribution in [2.75, 3.05) is 0 Å². The van der Waals surface area contributed by atoms with E-state index < -0.39 is 0 Å². The fourth-order valence-electron chi connectivity index (χ4n) is 0.470. The van der Waals surface area contributed by atoms with Crippen LogP contribution in [0, 0.1) is 13.0 Å². The first kappa shape index (κ1) is 18.3. The fourth-order valence-corrected chi connectivity index (χ4v) is 0.470. The van der Waals surface area contributed by atoms with Crippen LogP contribution in [0.15, 0.2) is 24.3 Å². The van der Waals surface area contributed by atoms with Crippen LogP contribution in [-0.2, 0) is 98.1 Å². The molecular weight excluding hydrogens is 351 g/mol. The van der Waals surface area contributed by atoms with E-state index in [4.69, 9.17) is 0 Å². The molecule has 10 heavy (non-hydrogen) atoms. The van der Waals surface area contributed by atoms with Gasteiger partial charge in [-0.15, -0.1) is 0 Å². The maximum atomic E-state index is 2.93. The van der Waals surface area contributed by atoms with E-state index in [1.807, 2.05) is 24.3 Å². The molecule has 0 spiro atoms. The van der Waals surface area contributed by atoms with Crippen molar-refractivity contribution < 1.29 is 98.1 Å². The van der Waals surface area contributed by atoms with E-state index in [9.17, 15) is 0 Å². The van der Waals surface area contributed by atoms with Crippen LogP contribution in [-0.4, -0.2) is 0 Å². The predicted octanol–water partition coefficient (Wildman–Crippen LogP) is 1.79. The smallest absolute Gasteiger partial charge is 0 e. The molecule has 0 saturated carbocycles. The number of benzene rings is 1. The van der Waals surface area contributed by atoms with Crippen LogP contribution in [0.1, 0.15) is 5.56 Å². The van der Waals surface area contributed by atoms with Crippen LogP contribution < -0.4 is 0 Å². The summed E-state index contributed by atoms with van der Waals surface area (Å²) in [6.45, 7) is 2.06. The summed E-state index contributed by atoms with van der Waals surface area (Å²) in [5.41, 5.74) is 1.29. The van der Waals surface area contributed by atoms with E-state index in [1.165, 1.54) is 5.56 Å². The van der Waals surface area contributed by atoms with Crippen molar-refractivity contribution in [2.45, 2.75) is 6.92 Å². The molecule has 0 saturated heterocycles. The Morgan fingerprint density at radius 1 is 1.00 bits per heavy atom. The van der Waals surface area contributed by atoms with Gasteiger partial charge in [0.2, 0.25) is 0 Å². The second kappa shape index (κ2) is 11.5. The van der Waals surface area contributed by atoms with Crippen LogP contribution in [0.2, 0.25) is 0 Å². The molecule has 0 N–H and O–H groups in total. The zero-order valence-electron chi connectivity index (χ0n) is 6.04. The minimum atomic E-state index is 0. The number of rotatable bonds is 0. The molecule has 0 aliphatic carbocycles. The van der Waals surface area contributed by atoms with Gasteiger partial charge in [-0.2, -0.15) is 35.9 Å². The number of hydrogen-bond donors (Lipinski definition) is 0. The van der Waals surface area contributed by atoms with Gasteiger partial charge in [-0.1, -0.05) is 6.92 Å². The summed E-state index contributed by atoms with van der Waals surface area (Å²) in [5, 5.41) is 0. The monoisotopic (exact) mass is 358 g/mol. The van der Waals surface area contributed by atoms with Gasteiger partial charge in [-0.3, -0.25) is 0 Å². The van der Waals surface area contributed by atoms with Gasteiger partial charge in [0.1, 0.15) is 0 Å². The Morgan fingerprint density at radius 3 is 1.60 bits per heavy atom. The molecule has 0 nitrogen and oxygen atoms in total. The average Bonchev–Trinajstić information content (AvgIpc) is 1.69. The maximum absolute atomic E-state index is 2.93. The number of hydrogen-bond acceptors (Lipinski definition) is 0. The maximum Gasteiger partial charge on any atom is 0 e. The third-order valence-electron chi connectivity index (χ3n) is 0.885. The first-order chi connectivity index (χ1) is 3.39. The van der Waals surface area contributed by atoms with Gasteiger partial charge in [0.25, 0.3) is 0 Å². The Morgan fingerprint density at radius 2 is 1.40 bits per heavy atom.